The third-order valence-electron chi connectivity index (χ3n) is 2.30. The number of nitro benzene ring substituents is 1. The number of hydrogen-bond acceptors (Lipinski definition) is 4. The van der Waals surface area contributed by atoms with E-state index in [2.05, 4.69) is 0 Å². The summed E-state index contributed by atoms with van der Waals surface area (Å²) in [6, 6.07) is 3.11. The molecule has 10 heteroatoms. The smallest absolute Gasteiger partial charge is 0.401 e. The zero-order chi connectivity index (χ0) is 15.5. The lowest BCUT2D eigenvalue weighted by Gasteiger charge is -2.19. The van der Waals surface area contributed by atoms with Crippen LogP contribution in [0.5, 0.6) is 5.75 Å². The number of alkyl halides is 3. The average molecular weight is 312 g/mol. The Labute approximate surface area is 115 Å². The molecule has 0 radical (unpaired) electrons. The highest BCUT2D eigenvalue weighted by molar-refractivity contribution is 6.32. The van der Waals surface area contributed by atoms with Gasteiger partial charge < -0.3 is 10.5 Å². The Morgan fingerprint density at radius 1 is 1.55 bits per heavy atom. The topological polar surface area (TPSA) is 102 Å². The van der Waals surface area contributed by atoms with Crippen LogP contribution in [0.15, 0.2) is 18.2 Å². The van der Waals surface area contributed by atoms with Crippen LogP contribution in [0.25, 0.3) is 0 Å². The minimum Gasteiger partial charge on any atom is -0.491 e. The number of nitro groups is 1. The standard InChI is InChI=1S/C10H9ClF3N3O3/c11-7-2-1-5(17(18)19)3-8(7)20-4-6(9(15)16)10(12,13)14/h1-3,6H,4H2,(H3,15,16). The van der Waals surface area contributed by atoms with Crippen LogP contribution in [0.4, 0.5) is 18.9 Å². The molecule has 20 heavy (non-hydrogen) atoms. The van der Waals surface area contributed by atoms with Gasteiger partial charge in [-0.15, -0.1) is 0 Å². The first-order valence-corrected chi connectivity index (χ1v) is 5.48. The molecular formula is C10H9ClF3N3O3. The molecule has 0 fully saturated rings. The Morgan fingerprint density at radius 2 is 2.15 bits per heavy atom. The summed E-state index contributed by atoms with van der Waals surface area (Å²) in [6.45, 7) is -0.986. The number of nitrogens with zero attached hydrogens (tertiary/aromatic N) is 1. The summed E-state index contributed by atoms with van der Waals surface area (Å²) in [5, 5.41) is 17.3. The van der Waals surface area contributed by atoms with Crippen molar-refractivity contribution in [2.24, 2.45) is 11.7 Å². The van der Waals surface area contributed by atoms with Crippen molar-refractivity contribution in [3.05, 3.63) is 33.3 Å². The monoisotopic (exact) mass is 311 g/mol. The summed E-state index contributed by atoms with van der Waals surface area (Å²) in [5.41, 5.74) is 4.47. The second kappa shape index (κ2) is 5.95. The molecule has 3 N–H and O–H groups in total. The summed E-state index contributed by atoms with van der Waals surface area (Å²) in [4.78, 5) is 9.80. The van der Waals surface area contributed by atoms with Crippen LogP contribution in [-0.4, -0.2) is 23.5 Å². The zero-order valence-electron chi connectivity index (χ0n) is 9.78. The van der Waals surface area contributed by atoms with Crippen molar-refractivity contribution >= 4 is 23.1 Å². The van der Waals surface area contributed by atoms with Crippen LogP contribution in [0, 0.1) is 21.4 Å². The molecule has 0 aliphatic heterocycles. The Morgan fingerprint density at radius 3 is 2.60 bits per heavy atom. The molecule has 0 bridgehead atoms. The molecule has 0 heterocycles. The lowest BCUT2D eigenvalue weighted by atomic mass is 10.1. The van der Waals surface area contributed by atoms with E-state index in [0.29, 0.717) is 0 Å². The molecular weight excluding hydrogens is 303 g/mol. The second-order valence-electron chi connectivity index (χ2n) is 3.73. The number of halogens is 4. The van der Waals surface area contributed by atoms with Gasteiger partial charge in [0.15, 0.2) is 0 Å². The fraction of sp³-hybridized carbons (Fsp3) is 0.300. The number of amidine groups is 1. The number of hydrogen-bond donors (Lipinski definition) is 2. The van der Waals surface area contributed by atoms with Crippen LogP contribution in [0.3, 0.4) is 0 Å². The predicted molar refractivity (Wildman–Crippen MR) is 65.1 cm³/mol. The first-order valence-electron chi connectivity index (χ1n) is 5.10. The highest BCUT2D eigenvalue weighted by Gasteiger charge is 2.42. The maximum Gasteiger partial charge on any atom is 0.401 e. The molecule has 0 aliphatic carbocycles. The van der Waals surface area contributed by atoms with Crippen LogP contribution in [0.2, 0.25) is 5.02 Å². The van der Waals surface area contributed by atoms with Crippen LogP contribution in [0.1, 0.15) is 0 Å². The number of nitrogens with two attached hydrogens (primary N) is 1. The van der Waals surface area contributed by atoms with Crippen LogP contribution < -0.4 is 10.5 Å². The van der Waals surface area contributed by atoms with E-state index < -0.39 is 29.5 Å². The molecule has 1 aromatic rings. The van der Waals surface area contributed by atoms with Crippen molar-refractivity contribution in [3.8, 4) is 5.75 Å². The van der Waals surface area contributed by atoms with Gasteiger partial charge in [-0.2, -0.15) is 13.2 Å². The van der Waals surface area contributed by atoms with Crippen molar-refractivity contribution in [3.63, 3.8) is 0 Å². The Bertz CT molecular complexity index is 536. The van der Waals surface area contributed by atoms with Crippen molar-refractivity contribution in [1.82, 2.24) is 0 Å². The normalized spacial score (nSPS) is 12.8. The van der Waals surface area contributed by atoms with E-state index in [-0.39, 0.29) is 16.5 Å². The van der Waals surface area contributed by atoms with Gasteiger partial charge in [-0.05, 0) is 6.07 Å². The van der Waals surface area contributed by atoms with Gasteiger partial charge >= 0.3 is 6.18 Å². The van der Waals surface area contributed by atoms with E-state index in [1.165, 1.54) is 0 Å². The predicted octanol–water partition coefficient (Wildman–Crippen LogP) is 2.74. The maximum absolute atomic E-state index is 12.5. The highest BCUT2D eigenvalue weighted by Crippen LogP contribution is 2.31. The molecule has 0 amide bonds. The quantitative estimate of drug-likeness (QED) is 0.378. The fourth-order valence-electron chi connectivity index (χ4n) is 1.25. The van der Waals surface area contributed by atoms with E-state index in [0.717, 1.165) is 18.2 Å². The molecule has 1 atom stereocenters. The molecule has 1 rings (SSSR count). The SMILES string of the molecule is N=C(N)C(COc1cc([N+](=O)[O-])ccc1Cl)C(F)(F)F. The fourth-order valence-corrected chi connectivity index (χ4v) is 1.42. The molecule has 1 unspecified atom stereocenters. The van der Waals surface area contributed by atoms with Crippen molar-refractivity contribution < 1.29 is 22.8 Å². The minimum absolute atomic E-state index is 0.0833. The van der Waals surface area contributed by atoms with Gasteiger partial charge in [0.05, 0.1) is 16.0 Å². The molecule has 0 saturated carbocycles. The summed E-state index contributed by atoms with van der Waals surface area (Å²) >= 11 is 5.66. The number of nitrogens with one attached hydrogen (secondary N) is 1. The molecule has 0 spiro atoms. The first-order chi connectivity index (χ1) is 9.12. The van der Waals surface area contributed by atoms with Crippen molar-refractivity contribution in [1.29, 1.82) is 5.41 Å². The van der Waals surface area contributed by atoms with Gasteiger partial charge in [-0.1, -0.05) is 11.6 Å². The lowest BCUT2D eigenvalue weighted by molar-refractivity contribution is -0.384. The molecule has 6 nitrogen and oxygen atoms in total. The van der Waals surface area contributed by atoms with E-state index >= 15 is 0 Å². The molecule has 110 valence electrons. The van der Waals surface area contributed by atoms with Crippen molar-refractivity contribution in [2.75, 3.05) is 6.61 Å². The van der Waals surface area contributed by atoms with Crippen molar-refractivity contribution in [2.45, 2.75) is 6.18 Å². The van der Waals surface area contributed by atoms with Crippen LogP contribution >= 0.6 is 11.6 Å². The van der Waals surface area contributed by atoms with Gasteiger partial charge in [0.1, 0.15) is 24.1 Å². The van der Waals surface area contributed by atoms with Crippen LogP contribution in [-0.2, 0) is 0 Å². The third-order valence-corrected chi connectivity index (χ3v) is 2.61. The summed E-state index contributed by atoms with van der Waals surface area (Å²) in [6.07, 6.45) is -4.75. The Kier molecular flexibility index (Phi) is 4.77. The van der Waals surface area contributed by atoms with Gasteiger partial charge in [0.2, 0.25) is 0 Å². The Hall–Kier alpha value is -2.03. The largest absolute Gasteiger partial charge is 0.491 e. The zero-order valence-corrected chi connectivity index (χ0v) is 10.5. The number of non-ortho nitro benzene ring substituents is 1. The highest BCUT2D eigenvalue weighted by atomic mass is 35.5. The molecule has 0 aliphatic rings. The lowest BCUT2D eigenvalue weighted by Crippen LogP contribution is -2.39. The second-order valence-corrected chi connectivity index (χ2v) is 4.14. The van der Waals surface area contributed by atoms with Gasteiger partial charge in [0.25, 0.3) is 5.69 Å². The van der Waals surface area contributed by atoms with E-state index in [1.54, 1.807) is 0 Å². The maximum atomic E-state index is 12.5. The number of rotatable bonds is 5. The van der Waals surface area contributed by atoms with Gasteiger partial charge in [0, 0.05) is 6.07 Å². The van der Waals surface area contributed by atoms with E-state index in [9.17, 15) is 23.3 Å². The molecule has 0 saturated heterocycles. The van der Waals surface area contributed by atoms with Gasteiger partial charge in [-0.3, -0.25) is 15.5 Å². The number of benzene rings is 1. The van der Waals surface area contributed by atoms with E-state index in [4.69, 9.17) is 27.5 Å². The molecule has 1 aromatic carbocycles. The number of ether oxygens (including phenoxy) is 1. The first kappa shape index (κ1) is 16.0. The molecule has 0 aromatic heterocycles. The minimum atomic E-state index is -4.75. The Balaban J connectivity index is 2.91. The summed E-state index contributed by atoms with van der Waals surface area (Å²) in [5.74, 6) is -3.70. The summed E-state index contributed by atoms with van der Waals surface area (Å²) in [7, 11) is 0. The van der Waals surface area contributed by atoms with E-state index in [1.807, 2.05) is 0 Å². The van der Waals surface area contributed by atoms with Gasteiger partial charge in [-0.25, -0.2) is 0 Å². The summed E-state index contributed by atoms with van der Waals surface area (Å²) < 4.78 is 42.4. The third kappa shape index (κ3) is 3.98. The average Bonchev–Trinajstić information content (AvgIpc) is 2.28.